The molecule has 0 fully saturated rings. The molecule has 0 aromatic heterocycles. The maximum Gasteiger partial charge on any atom is 0.240 e. The first-order valence-electron chi connectivity index (χ1n) is 5.88. The minimum atomic E-state index is -3.52. The molecule has 0 aliphatic rings. The SMILES string of the molecule is CNS(=O)(=O)c1ccc(N)c(Nc2ccc(Cl)c(Br)c2)c1. The van der Waals surface area contributed by atoms with Crippen molar-refractivity contribution in [2.45, 2.75) is 4.90 Å². The minimum Gasteiger partial charge on any atom is -0.397 e. The van der Waals surface area contributed by atoms with Crippen LogP contribution >= 0.6 is 27.5 Å². The van der Waals surface area contributed by atoms with E-state index in [0.717, 1.165) is 10.2 Å². The van der Waals surface area contributed by atoms with Crippen molar-refractivity contribution in [3.8, 4) is 0 Å². The third-order valence-corrected chi connectivity index (χ3v) is 5.43. The summed E-state index contributed by atoms with van der Waals surface area (Å²) in [6.07, 6.45) is 0. The highest BCUT2D eigenvalue weighted by molar-refractivity contribution is 9.10. The maximum absolute atomic E-state index is 11.8. The van der Waals surface area contributed by atoms with Gasteiger partial charge in [0.2, 0.25) is 10.0 Å². The summed E-state index contributed by atoms with van der Waals surface area (Å²) in [5.74, 6) is 0. The summed E-state index contributed by atoms with van der Waals surface area (Å²) in [5.41, 5.74) is 7.55. The molecule has 8 heteroatoms. The maximum atomic E-state index is 11.8. The Kier molecular flexibility index (Phi) is 4.77. The van der Waals surface area contributed by atoms with Crippen LogP contribution in [0.1, 0.15) is 0 Å². The predicted molar refractivity (Wildman–Crippen MR) is 89.5 cm³/mol. The smallest absolute Gasteiger partial charge is 0.240 e. The number of anilines is 3. The number of halogens is 2. The number of nitrogen functional groups attached to an aromatic ring is 1. The van der Waals surface area contributed by atoms with Crippen molar-refractivity contribution in [1.82, 2.24) is 4.72 Å². The molecular weight excluding hydrogens is 378 g/mol. The van der Waals surface area contributed by atoms with Crippen LogP contribution in [-0.4, -0.2) is 15.5 Å². The lowest BCUT2D eigenvalue weighted by Crippen LogP contribution is -2.18. The van der Waals surface area contributed by atoms with Crippen LogP contribution in [0.3, 0.4) is 0 Å². The second kappa shape index (κ2) is 6.23. The van der Waals surface area contributed by atoms with E-state index in [-0.39, 0.29) is 4.90 Å². The first-order chi connectivity index (χ1) is 9.83. The third kappa shape index (κ3) is 3.68. The Morgan fingerprint density at radius 2 is 1.90 bits per heavy atom. The quantitative estimate of drug-likeness (QED) is 0.699. The van der Waals surface area contributed by atoms with Crippen molar-refractivity contribution in [3.63, 3.8) is 0 Å². The zero-order valence-corrected chi connectivity index (χ0v) is 14.2. The largest absolute Gasteiger partial charge is 0.397 e. The molecule has 4 N–H and O–H groups in total. The molecule has 0 amide bonds. The molecule has 0 aliphatic heterocycles. The van der Waals surface area contributed by atoms with Gasteiger partial charge < -0.3 is 11.1 Å². The van der Waals surface area contributed by atoms with Crippen molar-refractivity contribution in [2.75, 3.05) is 18.1 Å². The molecule has 0 spiro atoms. The normalized spacial score (nSPS) is 11.4. The lowest BCUT2D eigenvalue weighted by atomic mass is 10.2. The number of nitrogens with one attached hydrogen (secondary N) is 2. The van der Waals surface area contributed by atoms with Crippen molar-refractivity contribution in [1.29, 1.82) is 0 Å². The number of hydrogen-bond donors (Lipinski definition) is 3. The Balaban J connectivity index is 2.39. The molecule has 21 heavy (non-hydrogen) atoms. The molecule has 0 heterocycles. The van der Waals surface area contributed by atoms with E-state index in [9.17, 15) is 8.42 Å². The molecule has 0 aliphatic carbocycles. The molecule has 2 rings (SSSR count). The standard InChI is InChI=1S/C13H13BrClN3O2S/c1-17-21(19,20)9-3-5-12(16)13(7-9)18-8-2-4-11(15)10(14)6-8/h2-7,17-18H,16H2,1H3. The summed E-state index contributed by atoms with van der Waals surface area (Å²) < 4.78 is 26.6. The topological polar surface area (TPSA) is 84.2 Å². The lowest BCUT2D eigenvalue weighted by Gasteiger charge is -2.12. The van der Waals surface area contributed by atoms with Crippen molar-refractivity contribution in [2.24, 2.45) is 0 Å². The van der Waals surface area contributed by atoms with Crippen LogP contribution in [0.15, 0.2) is 45.8 Å². The molecule has 0 atom stereocenters. The number of nitrogens with two attached hydrogens (primary N) is 1. The zero-order chi connectivity index (χ0) is 15.6. The van der Waals surface area contributed by atoms with Crippen LogP contribution in [0.2, 0.25) is 5.02 Å². The summed E-state index contributed by atoms with van der Waals surface area (Å²) in [6.45, 7) is 0. The van der Waals surface area contributed by atoms with Gasteiger partial charge in [-0.25, -0.2) is 13.1 Å². The highest BCUT2D eigenvalue weighted by atomic mass is 79.9. The first-order valence-corrected chi connectivity index (χ1v) is 8.54. The summed E-state index contributed by atoms with van der Waals surface area (Å²) in [6, 6.07) is 9.73. The Morgan fingerprint density at radius 3 is 2.52 bits per heavy atom. The third-order valence-electron chi connectivity index (χ3n) is 2.80. The van der Waals surface area contributed by atoms with E-state index in [0.29, 0.717) is 16.4 Å². The lowest BCUT2D eigenvalue weighted by molar-refractivity contribution is 0.588. The number of rotatable bonds is 4. The van der Waals surface area contributed by atoms with E-state index in [2.05, 4.69) is 26.0 Å². The van der Waals surface area contributed by atoms with E-state index in [1.165, 1.54) is 25.2 Å². The molecule has 0 bridgehead atoms. The highest BCUT2D eigenvalue weighted by Crippen LogP contribution is 2.30. The van der Waals surface area contributed by atoms with Gasteiger partial charge in [0.05, 0.1) is 21.3 Å². The van der Waals surface area contributed by atoms with E-state index in [1.807, 2.05) is 0 Å². The zero-order valence-electron chi connectivity index (χ0n) is 11.0. The molecule has 0 saturated heterocycles. The van der Waals surface area contributed by atoms with Crippen LogP contribution < -0.4 is 15.8 Å². The van der Waals surface area contributed by atoms with Crippen LogP contribution in [-0.2, 0) is 10.0 Å². The van der Waals surface area contributed by atoms with Gasteiger partial charge in [-0.05, 0) is 59.4 Å². The highest BCUT2D eigenvalue weighted by Gasteiger charge is 2.13. The molecule has 112 valence electrons. The fourth-order valence-corrected chi connectivity index (χ4v) is 2.91. The van der Waals surface area contributed by atoms with Gasteiger partial charge in [0, 0.05) is 10.2 Å². The van der Waals surface area contributed by atoms with Crippen molar-refractivity contribution < 1.29 is 8.42 Å². The number of hydrogen-bond acceptors (Lipinski definition) is 4. The molecule has 2 aromatic carbocycles. The van der Waals surface area contributed by atoms with Crippen molar-refractivity contribution >= 4 is 54.6 Å². The Morgan fingerprint density at radius 1 is 1.19 bits per heavy atom. The Labute approximate surface area is 136 Å². The van der Waals surface area contributed by atoms with Crippen molar-refractivity contribution in [3.05, 3.63) is 45.9 Å². The van der Waals surface area contributed by atoms with E-state index in [4.69, 9.17) is 17.3 Å². The average Bonchev–Trinajstić information content (AvgIpc) is 2.45. The fourth-order valence-electron chi connectivity index (χ4n) is 1.66. The summed E-state index contributed by atoms with van der Waals surface area (Å²) in [5, 5.41) is 3.65. The van der Waals surface area contributed by atoms with E-state index in [1.54, 1.807) is 18.2 Å². The fraction of sp³-hybridized carbons (Fsp3) is 0.0769. The molecule has 5 nitrogen and oxygen atoms in total. The van der Waals surface area contributed by atoms with Gasteiger partial charge in [-0.2, -0.15) is 0 Å². The van der Waals surface area contributed by atoms with Crippen LogP contribution in [0.4, 0.5) is 17.1 Å². The molecular formula is C13H13BrClN3O2S. The van der Waals surface area contributed by atoms with E-state index < -0.39 is 10.0 Å². The molecule has 0 unspecified atom stereocenters. The van der Waals surface area contributed by atoms with Gasteiger partial charge in [0.25, 0.3) is 0 Å². The van der Waals surface area contributed by atoms with Gasteiger partial charge in [0.15, 0.2) is 0 Å². The average molecular weight is 391 g/mol. The van der Waals surface area contributed by atoms with Crippen LogP contribution in [0, 0.1) is 0 Å². The van der Waals surface area contributed by atoms with Gasteiger partial charge in [-0.1, -0.05) is 11.6 Å². The summed E-state index contributed by atoms with van der Waals surface area (Å²) in [4.78, 5) is 0.134. The molecule has 2 aromatic rings. The van der Waals surface area contributed by atoms with Crippen LogP contribution in [0.5, 0.6) is 0 Å². The number of benzene rings is 2. The first kappa shape index (κ1) is 16.1. The monoisotopic (exact) mass is 389 g/mol. The van der Waals surface area contributed by atoms with Gasteiger partial charge in [-0.15, -0.1) is 0 Å². The minimum absolute atomic E-state index is 0.134. The second-order valence-corrected chi connectivity index (χ2v) is 7.36. The predicted octanol–water partition coefficient (Wildman–Crippen LogP) is 3.34. The Bertz CT molecular complexity index is 781. The van der Waals surface area contributed by atoms with Gasteiger partial charge >= 0.3 is 0 Å². The van der Waals surface area contributed by atoms with Gasteiger partial charge in [-0.3, -0.25) is 0 Å². The molecule has 0 saturated carbocycles. The van der Waals surface area contributed by atoms with E-state index >= 15 is 0 Å². The molecule has 0 radical (unpaired) electrons. The second-order valence-electron chi connectivity index (χ2n) is 4.21. The Hall–Kier alpha value is -1.28. The van der Waals surface area contributed by atoms with Gasteiger partial charge in [0.1, 0.15) is 0 Å². The summed E-state index contributed by atoms with van der Waals surface area (Å²) >= 11 is 9.26. The number of sulfonamides is 1. The summed E-state index contributed by atoms with van der Waals surface area (Å²) in [7, 11) is -2.16. The van der Waals surface area contributed by atoms with Crippen LogP contribution in [0.25, 0.3) is 0 Å².